The van der Waals surface area contributed by atoms with E-state index in [0.29, 0.717) is 37.4 Å². The van der Waals surface area contributed by atoms with Gasteiger partial charge >= 0.3 is 18.0 Å². The number of benzene rings is 2. The number of carbonyl (C=O) groups is 3. The van der Waals surface area contributed by atoms with Crippen LogP contribution in [0.3, 0.4) is 0 Å². The number of rotatable bonds is 4. The van der Waals surface area contributed by atoms with Crippen molar-refractivity contribution < 1.29 is 23.9 Å². The largest absolute Gasteiger partial charge is 0.465 e. The molecule has 0 radical (unpaired) electrons. The first-order valence-corrected chi connectivity index (χ1v) is 9.58. The van der Waals surface area contributed by atoms with Gasteiger partial charge in [0.15, 0.2) is 0 Å². The van der Waals surface area contributed by atoms with Crippen LogP contribution < -0.4 is 10.2 Å². The number of nitriles is 1. The van der Waals surface area contributed by atoms with Crippen molar-refractivity contribution in [1.29, 1.82) is 5.26 Å². The van der Waals surface area contributed by atoms with Gasteiger partial charge in [-0.1, -0.05) is 0 Å². The minimum atomic E-state index is -0.628. The number of hydrogen-bond acceptors (Lipinski definition) is 7. The maximum atomic E-state index is 12.7. The average Bonchev–Trinajstić information content (AvgIpc) is 2.82. The number of urea groups is 1. The highest BCUT2D eigenvalue weighted by Gasteiger charge is 2.22. The minimum Gasteiger partial charge on any atom is -0.465 e. The van der Waals surface area contributed by atoms with E-state index in [0.717, 1.165) is 5.69 Å². The number of nitrogens with one attached hydrogen (secondary N) is 1. The van der Waals surface area contributed by atoms with Crippen LogP contribution in [0.25, 0.3) is 0 Å². The molecule has 1 aliphatic heterocycles. The summed E-state index contributed by atoms with van der Waals surface area (Å²) in [5.74, 6) is -1.26. The molecule has 0 aromatic heterocycles. The highest BCUT2D eigenvalue weighted by molar-refractivity contribution is 5.99. The van der Waals surface area contributed by atoms with Crippen LogP contribution in [0.1, 0.15) is 26.3 Å². The Morgan fingerprint density at radius 3 is 1.94 bits per heavy atom. The van der Waals surface area contributed by atoms with E-state index < -0.39 is 11.9 Å². The fraction of sp³-hybridized carbons (Fsp3) is 0.273. The number of piperazine rings is 1. The van der Waals surface area contributed by atoms with Crippen LogP contribution in [0.15, 0.2) is 42.5 Å². The number of amides is 2. The second kappa shape index (κ2) is 9.63. The van der Waals surface area contributed by atoms with Crippen LogP contribution in [0, 0.1) is 11.3 Å². The highest BCUT2D eigenvalue weighted by Crippen LogP contribution is 2.20. The van der Waals surface area contributed by atoms with E-state index in [1.807, 2.05) is 12.1 Å². The number of esters is 2. The Balaban J connectivity index is 1.67. The zero-order valence-electron chi connectivity index (χ0n) is 17.3. The van der Waals surface area contributed by atoms with Crippen molar-refractivity contribution in [3.05, 3.63) is 59.2 Å². The predicted octanol–water partition coefficient (Wildman–Crippen LogP) is 2.49. The fourth-order valence-corrected chi connectivity index (χ4v) is 3.29. The van der Waals surface area contributed by atoms with Crippen LogP contribution in [-0.2, 0) is 9.47 Å². The summed E-state index contributed by atoms with van der Waals surface area (Å²) in [6, 6.07) is 13.3. The van der Waals surface area contributed by atoms with E-state index in [2.05, 4.69) is 16.3 Å². The molecule has 31 heavy (non-hydrogen) atoms. The third-order valence-corrected chi connectivity index (χ3v) is 4.95. The number of anilines is 2. The number of hydrogen-bond donors (Lipinski definition) is 1. The van der Waals surface area contributed by atoms with Gasteiger partial charge in [-0.15, -0.1) is 0 Å². The Bertz CT molecular complexity index is 987. The van der Waals surface area contributed by atoms with Crippen molar-refractivity contribution in [3.63, 3.8) is 0 Å². The van der Waals surface area contributed by atoms with Gasteiger partial charge < -0.3 is 24.6 Å². The topological polar surface area (TPSA) is 112 Å². The number of carbonyl (C=O) groups excluding carboxylic acids is 3. The summed E-state index contributed by atoms with van der Waals surface area (Å²) < 4.78 is 9.42. The monoisotopic (exact) mass is 422 g/mol. The molecule has 1 saturated heterocycles. The second-order valence-electron chi connectivity index (χ2n) is 6.85. The maximum absolute atomic E-state index is 12.7. The maximum Gasteiger partial charge on any atom is 0.337 e. The summed E-state index contributed by atoms with van der Waals surface area (Å²) >= 11 is 0. The molecule has 9 nitrogen and oxygen atoms in total. The van der Waals surface area contributed by atoms with Crippen LogP contribution in [-0.4, -0.2) is 63.3 Å². The molecule has 1 heterocycles. The van der Waals surface area contributed by atoms with Crippen molar-refractivity contribution in [2.75, 3.05) is 50.6 Å². The third-order valence-electron chi connectivity index (χ3n) is 4.95. The van der Waals surface area contributed by atoms with Crippen molar-refractivity contribution in [3.8, 4) is 6.07 Å². The van der Waals surface area contributed by atoms with Crippen molar-refractivity contribution >= 4 is 29.3 Å². The van der Waals surface area contributed by atoms with Crippen molar-refractivity contribution in [2.24, 2.45) is 0 Å². The van der Waals surface area contributed by atoms with Crippen LogP contribution in [0.2, 0.25) is 0 Å². The van der Waals surface area contributed by atoms with E-state index in [1.165, 1.54) is 32.4 Å². The Morgan fingerprint density at radius 1 is 0.903 bits per heavy atom. The quantitative estimate of drug-likeness (QED) is 0.754. The zero-order chi connectivity index (χ0) is 22.4. The molecule has 0 aliphatic carbocycles. The van der Waals surface area contributed by atoms with Gasteiger partial charge in [-0.2, -0.15) is 5.26 Å². The fourth-order valence-electron chi connectivity index (χ4n) is 3.29. The molecular formula is C22H22N4O5. The number of methoxy groups -OCH3 is 2. The molecule has 1 aliphatic rings. The van der Waals surface area contributed by atoms with E-state index in [9.17, 15) is 14.4 Å². The van der Waals surface area contributed by atoms with Crippen LogP contribution >= 0.6 is 0 Å². The van der Waals surface area contributed by atoms with E-state index >= 15 is 0 Å². The first-order valence-electron chi connectivity index (χ1n) is 9.58. The smallest absolute Gasteiger partial charge is 0.337 e. The van der Waals surface area contributed by atoms with Gasteiger partial charge in [-0.05, 0) is 42.5 Å². The van der Waals surface area contributed by atoms with Crippen LogP contribution in [0.4, 0.5) is 16.2 Å². The van der Waals surface area contributed by atoms with E-state index in [-0.39, 0.29) is 17.2 Å². The molecular weight excluding hydrogens is 400 g/mol. The zero-order valence-corrected chi connectivity index (χ0v) is 17.3. The van der Waals surface area contributed by atoms with Crippen LogP contribution in [0.5, 0.6) is 0 Å². The summed E-state index contributed by atoms with van der Waals surface area (Å²) in [5, 5.41) is 11.6. The van der Waals surface area contributed by atoms with Crippen molar-refractivity contribution in [2.45, 2.75) is 0 Å². The van der Waals surface area contributed by atoms with Gasteiger partial charge in [0.05, 0.1) is 37.0 Å². The lowest BCUT2D eigenvalue weighted by Gasteiger charge is -2.36. The first kappa shape index (κ1) is 21.6. The third kappa shape index (κ3) is 5.11. The van der Waals surface area contributed by atoms with Gasteiger partial charge in [0.2, 0.25) is 0 Å². The lowest BCUT2D eigenvalue weighted by atomic mass is 10.1. The Kier molecular flexibility index (Phi) is 6.72. The number of nitrogens with zero attached hydrogens (tertiary/aromatic N) is 3. The standard InChI is InChI=1S/C22H22N4O5/c1-30-20(27)16-11-17(21(28)31-2)13-18(12-16)24-22(29)26-9-7-25(8-10-26)19-5-3-15(14-23)4-6-19/h3-6,11-13H,7-10H2,1-2H3,(H,24,29). The molecule has 0 atom stereocenters. The summed E-state index contributed by atoms with van der Waals surface area (Å²) in [6.07, 6.45) is 0. The molecule has 160 valence electrons. The molecule has 9 heteroatoms. The molecule has 2 amide bonds. The Morgan fingerprint density at radius 2 is 1.45 bits per heavy atom. The molecule has 3 rings (SSSR count). The minimum absolute atomic E-state index is 0.131. The molecule has 0 unspecified atom stereocenters. The van der Waals surface area contributed by atoms with Gasteiger partial charge in [0.25, 0.3) is 0 Å². The lowest BCUT2D eigenvalue weighted by Crippen LogP contribution is -2.50. The van der Waals surface area contributed by atoms with Gasteiger partial charge in [0.1, 0.15) is 0 Å². The van der Waals surface area contributed by atoms with Gasteiger partial charge in [-0.3, -0.25) is 0 Å². The van der Waals surface area contributed by atoms with Crippen molar-refractivity contribution in [1.82, 2.24) is 4.90 Å². The highest BCUT2D eigenvalue weighted by atomic mass is 16.5. The molecule has 1 fully saturated rings. The molecule has 2 aromatic rings. The van der Waals surface area contributed by atoms with E-state index in [4.69, 9.17) is 14.7 Å². The molecule has 2 aromatic carbocycles. The molecule has 0 bridgehead atoms. The molecule has 1 N–H and O–H groups in total. The number of ether oxygens (including phenoxy) is 2. The van der Waals surface area contributed by atoms with Gasteiger partial charge in [0, 0.05) is 37.6 Å². The Labute approximate surface area is 179 Å². The van der Waals surface area contributed by atoms with Gasteiger partial charge in [-0.25, -0.2) is 14.4 Å². The summed E-state index contributed by atoms with van der Waals surface area (Å²) in [4.78, 5) is 40.3. The Hall–Kier alpha value is -4.06. The second-order valence-corrected chi connectivity index (χ2v) is 6.85. The first-order chi connectivity index (χ1) is 14.9. The average molecular weight is 422 g/mol. The SMILES string of the molecule is COC(=O)c1cc(NC(=O)N2CCN(c3ccc(C#N)cc3)CC2)cc(C(=O)OC)c1. The van der Waals surface area contributed by atoms with E-state index in [1.54, 1.807) is 17.0 Å². The predicted molar refractivity (Wildman–Crippen MR) is 113 cm³/mol. The molecule has 0 spiro atoms. The summed E-state index contributed by atoms with van der Waals surface area (Å²) in [7, 11) is 2.47. The molecule has 0 saturated carbocycles. The lowest BCUT2D eigenvalue weighted by molar-refractivity contribution is 0.0599. The summed E-state index contributed by atoms with van der Waals surface area (Å²) in [5.41, 5.74) is 2.15. The summed E-state index contributed by atoms with van der Waals surface area (Å²) in [6.45, 7) is 2.25. The normalized spacial score (nSPS) is 13.2.